The first kappa shape index (κ1) is 19.8. The zero-order valence-corrected chi connectivity index (χ0v) is 17.9. The van der Waals surface area contributed by atoms with Gasteiger partial charge in [0.2, 0.25) is 0 Å². The molecule has 0 saturated carbocycles. The van der Waals surface area contributed by atoms with E-state index in [4.69, 9.17) is 4.74 Å². The van der Waals surface area contributed by atoms with Gasteiger partial charge < -0.3 is 14.5 Å². The van der Waals surface area contributed by atoms with Crippen LogP contribution in [0.5, 0.6) is 5.75 Å². The number of anilines is 1. The standard InChI is InChI=1S/C22H27N3O3S/c1-4-23-11-13-24(14-12-23)22-16-25(21-10-7-18(28-3)15-20(21)22)29(26,27)19-8-5-17(2)6-9-19/h5-10,15-16H,4,11-14H2,1-3H3. The summed E-state index contributed by atoms with van der Waals surface area (Å²) in [4.78, 5) is 4.96. The van der Waals surface area contributed by atoms with Gasteiger partial charge in [0, 0.05) is 37.8 Å². The predicted octanol–water partition coefficient (Wildman–Crippen LogP) is 3.34. The van der Waals surface area contributed by atoms with E-state index in [0.29, 0.717) is 5.52 Å². The number of rotatable bonds is 5. The molecule has 0 N–H and O–H groups in total. The Morgan fingerprint density at radius 1 is 1.00 bits per heavy atom. The Morgan fingerprint density at radius 3 is 2.31 bits per heavy atom. The van der Waals surface area contributed by atoms with E-state index >= 15 is 0 Å². The molecule has 0 amide bonds. The summed E-state index contributed by atoms with van der Waals surface area (Å²) < 4.78 is 33.6. The van der Waals surface area contributed by atoms with Crippen LogP contribution in [0.4, 0.5) is 5.69 Å². The summed E-state index contributed by atoms with van der Waals surface area (Å²) in [5, 5.41) is 0.894. The molecule has 0 spiro atoms. The third-order valence-electron chi connectivity index (χ3n) is 5.69. The largest absolute Gasteiger partial charge is 0.497 e. The molecule has 0 unspecified atom stereocenters. The second-order valence-electron chi connectivity index (χ2n) is 7.43. The number of aromatic nitrogens is 1. The molecular formula is C22H27N3O3S. The van der Waals surface area contributed by atoms with Crippen LogP contribution in [-0.2, 0) is 10.0 Å². The first-order valence-corrected chi connectivity index (χ1v) is 11.4. The van der Waals surface area contributed by atoms with E-state index in [1.807, 2.05) is 37.3 Å². The average molecular weight is 414 g/mol. The Kier molecular flexibility index (Phi) is 5.27. The van der Waals surface area contributed by atoms with Crippen molar-refractivity contribution in [1.29, 1.82) is 0 Å². The van der Waals surface area contributed by atoms with E-state index in [2.05, 4.69) is 16.7 Å². The van der Waals surface area contributed by atoms with Crippen molar-refractivity contribution in [2.45, 2.75) is 18.7 Å². The molecule has 29 heavy (non-hydrogen) atoms. The van der Waals surface area contributed by atoms with E-state index in [0.717, 1.165) is 55.1 Å². The molecule has 6 nitrogen and oxygen atoms in total. The summed E-state index contributed by atoms with van der Waals surface area (Å²) in [6.45, 7) is 8.83. The number of hydrogen-bond donors (Lipinski definition) is 0. The number of likely N-dealkylation sites (N-methyl/N-ethyl adjacent to an activating group) is 1. The van der Waals surface area contributed by atoms with Crippen molar-refractivity contribution < 1.29 is 13.2 Å². The van der Waals surface area contributed by atoms with Crippen molar-refractivity contribution >= 4 is 26.6 Å². The van der Waals surface area contributed by atoms with Crippen LogP contribution in [0.25, 0.3) is 10.9 Å². The van der Waals surface area contributed by atoms with Crippen molar-refractivity contribution in [3.8, 4) is 5.75 Å². The highest BCUT2D eigenvalue weighted by molar-refractivity contribution is 7.90. The Balaban J connectivity index is 1.84. The smallest absolute Gasteiger partial charge is 0.268 e. The molecular weight excluding hydrogens is 386 g/mol. The lowest BCUT2D eigenvalue weighted by Gasteiger charge is -2.35. The van der Waals surface area contributed by atoms with Gasteiger partial charge in [0.25, 0.3) is 10.0 Å². The van der Waals surface area contributed by atoms with Gasteiger partial charge in [-0.25, -0.2) is 12.4 Å². The van der Waals surface area contributed by atoms with Gasteiger partial charge in [0.05, 0.1) is 23.2 Å². The van der Waals surface area contributed by atoms with E-state index in [1.165, 1.54) is 3.97 Å². The maximum atomic E-state index is 13.4. The summed E-state index contributed by atoms with van der Waals surface area (Å²) in [6, 6.07) is 12.5. The molecule has 0 aliphatic carbocycles. The lowest BCUT2D eigenvalue weighted by Crippen LogP contribution is -2.46. The molecule has 2 heterocycles. The van der Waals surface area contributed by atoms with Crippen LogP contribution < -0.4 is 9.64 Å². The average Bonchev–Trinajstić information content (AvgIpc) is 3.13. The van der Waals surface area contributed by atoms with Crippen LogP contribution in [0.2, 0.25) is 0 Å². The van der Waals surface area contributed by atoms with E-state index < -0.39 is 10.0 Å². The topological polar surface area (TPSA) is 54.8 Å². The van der Waals surface area contributed by atoms with Crippen LogP contribution >= 0.6 is 0 Å². The van der Waals surface area contributed by atoms with Gasteiger partial charge in [-0.3, -0.25) is 0 Å². The predicted molar refractivity (Wildman–Crippen MR) is 117 cm³/mol. The number of methoxy groups -OCH3 is 1. The van der Waals surface area contributed by atoms with Gasteiger partial charge in [-0.15, -0.1) is 0 Å². The maximum absolute atomic E-state index is 13.4. The first-order valence-electron chi connectivity index (χ1n) is 9.92. The molecule has 4 rings (SSSR count). The number of hydrogen-bond acceptors (Lipinski definition) is 5. The number of piperazine rings is 1. The maximum Gasteiger partial charge on any atom is 0.268 e. The Labute approximate surface area is 172 Å². The van der Waals surface area contributed by atoms with E-state index in [1.54, 1.807) is 25.4 Å². The van der Waals surface area contributed by atoms with Gasteiger partial charge in [0.15, 0.2) is 0 Å². The number of nitrogens with zero attached hydrogens (tertiary/aromatic N) is 3. The van der Waals surface area contributed by atoms with Gasteiger partial charge in [-0.2, -0.15) is 0 Å². The minimum Gasteiger partial charge on any atom is -0.497 e. The van der Waals surface area contributed by atoms with Crippen molar-refractivity contribution in [2.75, 3.05) is 44.7 Å². The fraction of sp³-hybridized carbons (Fsp3) is 0.364. The summed E-state index contributed by atoms with van der Waals surface area (Å²) in [6.07, 6.45) is 1.76. The first-order chi connectivity index (χ1) is 13.9. The van der Waals surface area contributed by atoms with E-state index in [9.17, 15) is 8.42 Å². The summed E-state index contributed by atoms with van der Waals surface area (Å²) >= 11 is 0. The number of fused-ring (bicyclic) bond motifs is 1. The summed E-state index contributed by atoms with van der Waals surface area (Å²) in [5.41, 5.74) is 2.63. The lowest BCUT2D eigenvalue weighted by molar-refractivity contribution is 0.271. The molecule has 1 fully saturated rings. The lowest BCUT2D eigenvalue weighted by atomic mass is 10.2. The fourth-order valence-corrected chi connectivity index (χ4v) is 5.23. The zero-order valence-electron chi connectivity index (χ0n) is 17.1. The van der Waals surface area contributed by atoms with Gasteiger partial charge in [0.1, 0.15) is 5.75 Å². The van der Waals surface area contributed by atoms with Gasteiger partial charge in [-0.05, 0) is 43.8 Å². The number of aryl methyl sites for hydroxylation is 1. The highest BCUT2D eigenvalue weighted by atomic mass is 32.2. The monoisotopic (exact) mass is 413 g/mol. The van der Waals surface area contributed by atoms with Crippen LogP contribution in [0.3, 0.4) is 0 Å². The quantitative estimate of drug-likeness (QED) is 0.642. The summed E-state index contributed by atoms with van der Waals surface area (Å²) in [5.74, 6) is 0.719. The van der Waals surface area contributed by atoms with Crippen molar-refractivity contribution in [1.82, 2.24) is 8.87 Å². The Morgan fingerprint density at radius 2 is 1.69 bits per heavy atom. The minimum absolute atomic E-state index is 0.290. The van der Waals surface area contributed by atoms with Crippen molar-refractivity contribution in [3.63, 3.8) is 0 Å². The van der Waals surface area contributed by atoms with Crippen LogP contribution in [0, 0.1) is 6.92 Å². The van der Waals surface area contributed by atoms with Crippen LogP contribution in [0.15, 0.2) is 53.6 Å². The normalized spacial score (nSPS) is 15.8. The van der Waals surface area contributed by atoms with E-state index in [-0.39, 0.29) is 4.90 Å². The third-order valence-corrected chi connectivity index (χ3v) is 7.38. The third kappa shape index (κ3) is 3.60. The molecule has 154 valence electrons. The highest BCUT2D eigenvalue weighted by Crippen LogP contribution is 2.35. The van der Waals surface area contributed by atoms with Crippen molar-refractivity contribution in [3.05, 3.63) is 54.2 Å². The molecule has 7 heteroatoms. The second kappa shape index (κ2) is 7.72. The molecule has 0 atom stereocenters. The number of benzene rings is 2. The SMILES string of the molecule is CCN1CCN(c2cn(S(=O)(=O)c3ccc(C)cc3)c3ccc(OC)cc23)CC1. The van der Waals surface area contributed by atoms with Crippen molar-refractivity contribution in [2.24, 2.45) is 0 Å². The fourth-order valence-electron chi connectivity index (χ4n) is 3.87. The minimum atomic E-state index is -3.70. The molecule has 0 radical (unpaired) electrons. The van der Waals surface area contributed by atoms with Gasteiger partial charge >= 0.3 is 0 Å². The number of ether oxygens (including phenoxy) is 1. The molecule has 0 bridgehead atoms. The molecule has 1 aromatic heterocycles. The second-order valence-corrected chi connectivity index (χ2v) is 9.25. The Bertz CT molecular complexity index is 1110. The summed E-state index contributed by atoms with van der Waals surface area (Å²) in [7, 11) is -2.07. The molecule has 3 aromatic rings. The molecule has 2 aromatic carbocycles. The van der Waals surface area contributed by atoms with Crippen LogP contribution in [0.1, 0.15) is 12.5 Å². The molecule has 1 aliphatic rings. The molecule has 1 aliphatic heterocycles. The van der Waals surface area contributed by atoms with Crippen LogP contribution in [-0.4, -0.2) is 57.1 Å². The highest BCUT2D eigenvalue weighted by Gasteiger charge is 2.25. The molecule has 1 saturated heterocycles. The zero-order chi connectivity index (χ0) is 20.6. The Hall–Kier alpha value is -2.51. The van der Waals surface area contributed by atoms with Gasteiger partial charge in [-0.1, -0.05) is 24.6 Å².